The standard InChI is InChI=1S/C20H22N4O2/c1-12-13(2)22-19-11-16(7-10-18(19)21-12)24-20(25)23-14(3)15-5-8-17(26-4)9-6-15/h5-11,14H,1-4H3,(H2,23,24,25). The number of rotatable bonds is 4. The number of nitrogens with zero attached hydrogens (tertiary/aromatic N) is 2. The Hall–Kier alpha value is -3.15. The Balaban J connectivity index is 1.68. The van der Waals surface area contributed by atoms with E-state index < -0.39 is 0 Å². The number of anilines is 1. The number of carbonyl (C=O) groups excluding carboxylic acids is 1. The van der Waals surface area contributed by atoms with Crippen LogP contribution < -0.4 is 15.4 Å². The minimum Gasteiger partial charge on any atom is -0.497 e. The second-order valence-electron chi connectivity index (χ2n) is 6.19. The number of methoxy groups -OCH3 is 1. The van der Waals surface area contributed by atoms with Crippen LogP contribution in [0.4, 0.5) is 10.5 Å². The molecule has 0 aliphatic heterocycles. The van der Waals surface area contributed by atoms with Crippen LogP contribution in [0.25, 0.3) is 11.0 Å². The first kappa shape index (κ1) is 17.7. The lowest BCUT2D eigenvalue weighted by atomic mass is 10.1. The van der Waals surface area contributed by atoms with Crippen molar-refractivity contribution in [3.63, 3.8) is 0 Å². The predicted molar refractivity (Wildman–Crippen MR) is 103 cm³/mol. The van der Waals surface area contributed by atoms with Crippen molar-refractivity contribution in [2.75, 3.05) is 12.4 Å². The van der Waals surface area contributed by atoms with Gasteiger partial charge in [-0.3, -0.25) is 0 Å². The summed E-state index contributed by atoms with van der Waals surface area (Å²) in [5, 5.41) is 5.77. The number of hydrogen-bond acceptors (Lipinski definition) is 4. The molecule has 3 rings (SSSR count). The zero-order valence-electron chi connectivity index (χ0n) is 15.3. The van der Waals surface area contributed by atoms with E-state index in [-0.39, 0.29) is 12.1 Å². The molecule has 0 aliphatic rings. The van der Waals surface area contributed by atoms with Gasteiger partial charge in [-0.25, -0.2) is 14.8 Å². The van der Waals surface area contributed by atoms with Gasteiger partial charge in [0.2, 0.25) is 0 Å². The van der Waals surface area contributed by atoms with Crippen molar-refractivity contribution in [3.05, 3.63) is 59.4 Å². The first-order valence-corrected chi connectivity index (χ1v) is 8.43. The van der Waals surface area contributed by atoms with E-state index >= 15 is 0 Å². The number of amides is 2. The summed E-state index contributed by atoms with van der Waals surface area (Å²) in [7, 11) is 1.63. The van der Waals surface area contributed by atoms with Gasteiger partial charge in [0.1, 0.15) is 5.75 Å². The van der Waals surface area contributed by atoms with Gasteiger partial charge in [0.05, 0.1) is 35.6 Å². The smallest absolute Gasteiger partial charge is 0.319 e. The monoisotopic (exact) mass is 350 g/mol. The molecule has 0 saturated carbocycles. The summed E-state index contributed by atoms with van der Waals surface area (Å²) < 4.78 is 5.15. The van der Waals surface area contributed by atoms with Crippen LogP contribution in [0.3, 0.4) is 0 Å². The van der Waals surface area contributed by atoms with E-state index in [0.29, 0.717) is 5.69 Å². The Morgan fingerprint density at radius 1 is 1.00 bits per heavy atom. The van der Waals surface area contributed by atoms with Crippen LogP contribution in [0.2, 0.25) is 0 Å². The minimum absolute atomic E-state index is 0.133. The van der Waals surface area contributed by atoms with E-state index in [1.165, 1.54) is 0 Å². The summed E-state index contributed by atoms with van der Waals surface area (Å²) in [6.07, 6.45) is 0. The van der Waals surface area contributed by atoms with Gasteiger partial charge in [0, 0.05) is 5.69 Å². The molecular weight excluding hydrogens is 328 g/mol. The molecule has 0 spiro atoms. The van der Waals surface area contributed by atoms with Gasteiger partial charge < -0.3 is 15.4 Å². The molecule has 1 unspecified atom stereocenters. The summed E-state index contributed by atoms with van der Waals surface area (Å²) >= 11 is 0. The zero-order chi connectivity index (χ0) is 18.7. The highest BCUT2D eigenvalue weighted by Crippen LogP contribution is 2.19. The average Bonchev–Trinajstić information content (AvgIpc) is 2.63. The Bertz CT molecular complexity index is 938. The molecule has 3 aromatic rings. The normalized spacial score (nSPS) is 11.8. The molecule has 6 nitrogen and oxygen atoms in total. The molecule has 26 heavy (non-hydrogen) atoms. The van der Waals surface area contributed by atoms with Gasteiger partial charge >= 0.3 is 6.03 Å². The van der Waals surface area contributed by atoms with Gasteiger partial charge in [-0.05, 0) is 56.7 Å². The van der Waals surface area contributed by atoms with E-state index in [4.69, 9.17) is 4.74 Å². The van der Waals surface area contributed by atoms with Crippen molar-refractivity contribution >= 4 is 22.8 Å². The lowest BCUT2D eigenvalue weighted by Crippen LogP contribution is -2.31. The van der Waals surface area contributed by atoms with Gasteiger partial charge in [-0.1, -0.05) is 12.1 Å². The minimum atomic E-state index is -0.274. The van der Waals surface area contributed by atoms with E-state index in [1.54, 1.807) is 7.11 Å². The maximum atomic E-state index is 12.3. The van der Waals surface area contributed by atoms with Crippen LogP contribution in [0, 0.1) is 13.8 Å². The van der Waals surface area contributed by atoms with E-state index in [9.17, 15) is 4.79 Å². The van der Waals surface area contributed by atoms with Gasteiger partial charge in [-0.15, -0.1) is 0 Å². The third kappa shape index (κ3) is 3.91. The molecule has 0 saturated heterocycles. The molecule has 1 aromatic heterocycles. The Kier molecular flexibility index (Phi) is 5.02. The van der Waals surface area contributed by atoms with Crippen molar-refractivity contribution in [1.82, 2.24) is 15.3 Å². The zero-order valence-corrected chi connectivity index (χ0v) is 15.3. The van der Waals surface area contributed by atoms with Crippen molar-refractivity contribution < 1.29 is 9.53 Å². The fraction of sp³-hybridized carbons (Fsp3) is 0.250. The SMILES string of the molecule is COc1ccc(C(C)NC(=O)Nc2ccc3nc(C)c(C)nc3c2)cc1. The third-order valence-electron chi connectivity index (χ3n) is 4.30. The molecule has 1 heterocycles. The Morgan fingerprint density at radius 3 is 2.31 bits per heavy atom. The number of benzene rings is 2. The van der Waals surface area contributed by atoms with Crippen LogP contribution in [-0.4, -0.2) is 23.1 Å². The number of aryl methyl sites for hydroxylation is 2. The molecule has 2 amide bonds. The molecule has 2 aromatic carbocycles. The van der Waals surface area contributed by atoms with Crippen molar-refractivity contribution in [3.8, 4) is 5.75 Å². The van der Waals surface area contributed by atoms with Crippen molar-refractivity contribution in [2.45, 2.75) is 26.8 Å². The van der Waals surface area contributed by atoms with Gasteiger partial charge in [-0.2, -0.15) is 0 Å². The number of nitrogens with one attached hydrogen (secondary N) is 2. The summed E-state index contributed by atoms with van der Waals surface area (Å²) in [5.74, 6) is 0.785. The molecule has 0 aliphatic carbocycles. The summed E-state index contributed by atoms with van der Waals surface area (Å²) in [5.41, 5.74) is 5.03. The number of carbonyl (C=O) groups is 1. The first-order valence-electron chi connectivity index (χ1n) is 8.43. The molecular formula is C20H22N4O2. The van der Waals surface area contributed by atoms with Crippen LogP contribution in [-0.2, 0) is 0 Å². The lowest BCUT2D eigenvalue weighted by Gasteiger charge is -2.15. The van der Waals surface area contributed by atoms with Crippen molar-refractivity contribution in [2.24, 2.45) is 0 Å². The second-order valence-corrected chi connectivity index (χ2v) is 6.19. The number of aromatic nitrogens is 2. The third-order valence-corrected chi connectivity index (χ3v) is 4.30. The molecule has 0 bridgehead atoms. The molecule has 6 heteroatoms. The summed E-state index contributed by atoms with van der Waals surface area (Å²) in [4.78, 5) is 21.3. The average molecular weight is 350 g/mol. The molecule has 0 fully saturated rings. The van der Waals surface area contributed by atoms with Crippen molar-refractivity contribution in [1.29, 1.82) is 0 Å². The second kappa shape index (κ2) is 7.39. The van der Waals surface area contributed by atoms with E-state index in [0.717, 1.165) is 33.7 Å². The molecule has 1 atom stereocenters. The highest BCUT2D eigenvalue weighted by atomic mass is 16.5. The molecule has 0 radical (unpaired) electrons. The quantitative estimate of drug-likeness (QED) is 0.741. The molecule has 2 N–H and O–H groups in total. The fourth-order valence-corrected chi connectivity index (χ4v) is 2.65. The Labute approximate surface area is 152 Å². The van der Waals surface area contributed by atoms with Gasteiger partial charge in [0.15, 0.2) is 0 Å². The number of urea groups is 1. The largest absolute Gasteiger partial charge is 0.497 e. The number of fused-ring (bicyclic) bond motifs is 1. The first-order chi connectivity index (χ1) is 12.5. The fourth-order valence-electron chi connectivity index (χ4n) is 2.65. The van der Waals surface area contributed by atoms with Crippen LogP contribution in [0.1, 0.15) is 29.9 Å². The lowest BCUT2D eigenvalue weighted by molar-refractivity contribution is 0.249. The predicted octanol–water partition coefficient (Wildman–Crippen LogP) is 4.14. The maximum absolute atomic E-state index is 12.3. The van der Waals surface area contributed by atoms with E-state index in [1.807, 2.05) is 63.2 Å². The summed E-state index contributed by atoms with van der Waals surface area (Å²) in [6, 6.07) is 12.7. The van der Waals surface area contributed by atoms with Crippen LogP contribution in [0.15, 0.2) is 42.5 Å². The van der Waals surface area contributed by atoms with Gasteiger partial charge in [0.25, 0.3) is 0 Å². The highest BCUT2D eigenvalue weighted by Gasteiger charge is 2.10. The van der Waals surface area contributed by atoms with Crippen LogP contribution >= 0.6 is 0 Å². The molecule has 134 valence electrons. The Morgan fingerprint density at radius 2 is 1.65 bits per heavy atom. The highest BCUT2D eigenvalue weighted by molar-refractivity contribution is 5.92. The summed E-state index contributed by atoms with van der Waals surface area (Å²) in [6.45, 7) is 5.78. The van der Waals surface area contributed by atoms with E-state index in [2.05, 4.69) is 20.6 Å². The number of hydrogen-bond donors (Lipinski definition) is 2. The number of ether oxygens (including phenoxy) is 1. The topological polar surface area (TPSA) is 76.1 Å². The maximum Gasteiger partial charge on any atom is 0.319 e. The van der Waals surface area contributed by atoms with Crippen LogP contribution in [0.5, 0.6) is 5.75 Å².